The Morgan fingerprint density at radius 2 is 2.16 bits per heavy atom. The van der Waals surface area contributed by atoms with Crippen molar-refractivity contribution >= 4 is 23.2 Å². The number of rotatable bonds is 4. The second-order valence-corrected chi connectivity index (χ2v) is 8.70. The van der Waals surface area contributed by atoms with Gasteiger partial charge in [0.1, 0.15) is 0 Å². The summed E-state index contributed by atoms with van der Waals surface area (Å²) >= 11 is 1.69. The Morgan fingerprint density at radius 3 is 2.96 bits per heavy atom. The number of carbonyl (C=O) groups excluding carboxylic acids is 2. The third-order valence-corrected chi connectivity index (χ3v) is 6.93. The van der Waals surface area contributed by atoms with E-state index in [-0.39, 0.29) is 17.9 Å². The van der Waals surface area contributed by atoms with Crippen LogP contribution in [0.4, 0.5) is 0 Å². The van der Waals surface area contributed by atoms with Gasteiger partial charge in [-0.25, -0.2) is 0 Å². The van der Waals surface area contributed by atoms with Gasteiger partial charge in [0.25, 0.3) is 5.91 Å². The van der Waals surface area contributed by atoms with E-state index in [1.54, 1.807) is 11.3 Å². The molecular weight excluding hydrogens is 334 g/mol. The molecule has 1 aromatic heterocycles. The van der Waals surface area contributed by atoms with Crippen LogP contribution >= 0.6 is 11.3 Å². The van der Waals surface area contributed by atoms with Crippen molar-refractivity contribution in [2.24, 2.45) is 5.92 Å². The van der Waals surface area contributed by atoms with Gasteiger partial charge >= 0.3 is 0 Å². The van der Waals surface area contributed by atoms with Crippen LogP contribution in [0.25, 0.3) is 0 Å². The fraction of sp³-hybridized carbons (Fsp3) is 0.684. The number of thiophene rings is 1. The average Bonchev–Trinajstić information content (AvgIpc) is 3.35. The van der Waals surface area contributed by atoms with E-state index in [0.717, 1.165) is 63.0 Å². The number of nitrogens with one attached hydrogen (secondary N) is 2. The lowest BCUT2D eigenvalue weighted by Gasteiger charge is -2.32. The molecule has 2 amide bonds. The van der Waals surface area contributed by atoms with Crippen molar-refractivity contribution in [3.05, 3.63) is 21.4 Å². The van der Waals surface area contributed by atoms with Crippen molar-refractivity contribution in [3.8, 4) is 0 Å². The summed E-state index contributed by atoms with van der Waals surface area (Å²) in [6.45, 7) is 3.23. The maximum absolute atomic E-state index is 12.8. The van der Waals surface area contributed by atoms with Gasteiger partial charge in [-0.1, -0.05) is 0 Å². The second-order valence-electron chi connectivity index (χ2n) is 7.57. The summed E-state index contributed by atoms with van der Waals surface area (Å²) in [6.07, 6.45) is 7.62. The molecule has 136 valence electrons. The Morgan fingerprint density at radius 1 is 1.24 bits per heavy atom. The number of carbonyl (C=O) groups is 2. The summed E-state index contributed by atoms with van der Waals surface area (Å²) in [6, 6.07) is 2.10. The standard InChI is InChI=1S/C19H27N3O2S/c23-18(15-6-2-8-20-15)21-11-13-4-3-9-22(12-13)19(24)17-10-14-5-1-7-16(14)25-17/h10,13,15,20H,1-9,11-12H2,(H,21,23). The number of likely N-dealkylation sites (tertiary alicyclic amines) is 1. The highest BCUT2D eigenvalue weighted by molar-refractivity contribution is 7.14. The van der Waals surface area contributed by atoms with Crippen LogP contribution in [0, 0.1) is 5.92 Å². The monoisotopic (exact) mass is 361 g/mol. The first-order valence-corrected chi connectivity index (χ1v) is 10.4. The predicted octanol–water partition coefficient (Wildman–Crippen LogP) is 1.96. The Kier molecular flexibility index (Phi) is 5.08. The molecule has 2 aliphatic heterocycles. The molecule has 0 bridgehead atoms. The van der Waals surface area contributed by atoms with Gasteiger partial charge in [-0.2, -0.15) is 0 Å². The van der Waals surface area contributed by atoms with E-state index in [1.165, 1.54) is 16.9 Å². The van der Waals surface area contributed by atoms with E-state index in [2.05, 4.69) is 16.7 Å². The molecule has 2 N–H and O–H groups in total. The lowest BCUT2D eigenvalue weighted by atomic mass is 9.97. The van der Waals surface area contributed by atoms with Gasteiger partial charge < -0.3 is 15.5 Å². The largest absolute Gasteiger partial charge is 0.354 e. The molecule has 5 nitrogen and oxygen atoms in total. The molecule has 2 atom stereocenters. The first-order chi connectivity index (χ1) is 12.2. The van der Waals surface area contributed by atoms with Crippen LogP contribution in [-0.2, 0) is 17.6 Å². The van der Waals surface area contributed by atoms with Crippen molar-refractivity contribution in [1.29, 1.82) is 0 Å². The Balaban J connectivity index is 1.30. The van der Waals surface area contributed by atoms with Crippen molar-refractivity contribution in [1.82, 2.24) is 15.5 Å². The molecule has 0 aromatic carbocycles. The molecule has 2 saturated heterocycles. The number of amides is 2. The number of nitrogens with zero attached hydrogens (tertiary/aromatic N) is 1. The zero-order chi connectivity index (χ0) is 17.2. The van der Waals surface area contributed by atoms with Crippen LogP contribution in [0.2, 0.25) is 0 Å². The zero-order valence-electron chi connectivity index (χ0n) is 14.7. The minimum absolute atomic E-state index is 0.0187. The molecule has 25 heavy (non-hydrogen) atoms. The molecule has 1 aromatic rings. The van der Waals surface area contributed by atoms with Crippen molar-refractivity contribution < 1.29 is 9.59 Å². The molecule has 0 radical (unpaired) electrons. The second kappa shape index (κ2) is 7.46. The molecular formula is C19H27N3O2S. The van der Waals surface area contributed by atoms with Gasteiger partial charge in [-0.05, 0) is 69.0 Å². The van der Waals surface area contributed by atoms with Crippen molar-refractivity contribution in [3.63, 3.8) is 0 Å². The Bertz CT molecular complexity index is 630. The maximum atomic E-state index is 12.8. The molecule has 3 aliphatic rings. The van der Waals surface area contributed by atoms with E-state index >= 15 is 0 Å². The molecule has 2 fully saturated rings. The van der Waals surface area contributed by atoms with Gasteiger partial charge in [0.05, 0.1) is 10.9 Å². The van der Waals surface area contributed by atoms with E-state index in [4.69, 9.17) is 0 Å². The summed E-state index contributed by atoms with van der Waals surface area (Å²) in [5, 5.41) is 6.32. The smallest absolute Gasteiger partial charge is 0.263 e. The summed E-state index contributed by atoms with van der Waals surface area (Å²) < 4.78 is 0. The number of piperidine rings is 1. The third kappa shape index (κ3) is 3.75. The van der Waals surface area contributed by atoms with Crippen LogP contribution in [0.15, 0.2) is 6.07 Å². The van der Waals surface area contributed by atoms with Crippen LogP contribution in [-0.4, -0.2) is 48.9 Å². The number of aryl methyl sites for hydroxylation is 2. The lowest BCUT2D eigenvalue weighted by molar-refractivity contribution is -0.123. The van der Waals surface area contributed by atoms with Gasteiger partial charge in [0.15, 0.2) is 0 Å². The fourth-order valence-electron chi connectivity index (χ4n) is 4.28. The topological polar surface area (TPSA) is 61.4 Å². The maximum Gasteiger partial charge on any atom is 0.263 e. The average molecular weight is 362 g/mol. The van der Waals surface area contributed by atoms with E-state index in [1.807, 2.05) is 4.90 Å². The van der Waals surface area contributed by atoms with Crippen molar-refractivity contribution in [2.75, 3.05) is 26.2 Å². The molecule has 0 saturated carbocycles. The SMILES string of the molecule is O=C(NCC1CCCN(C(=O)c2cc3c(s2)CCC3)C1)C1CCCN1. The van der Waals surface area contributed by atoms with E-state index in [9.17, 15) is 9.59 Å². The highest BCUT2D eigenvalue weighted by atomic mass is 32.1. The highest BCUT2D eigenvalue weighted by Gasteiger charge is 2.28. The van der Waals surface area contributed by atoms with Crippen LogP contribution in [0.5, 0.6) is 0 Å². The molecule has 0 spiro atoms. The molecule has 6 heteroatoms. The minimum atomic E-state index is -0.0187. The summed E-state index contributed by atoms with van der Waals surface area (Å²) in [7, 11) is 0. The van der Waals surface area contributed by atoms with Gasteiger partial charge in [-0.15, -0.1) is 11.3 Å². The van der Waals surface area contributed by atoms with Crippen LogP contribution < -0.4 is 10.6 Å². The predicted molar refractivity (Wildman–Crippen MR) is 99.0 cm³/mol. The zero-order valence-corrected chi connectivity index (χ0v) is 15.5. The third-order valence-electron chi connectivity index (χ3n) is 5.71. The van der Waals surface area contributed by atoms with Gasteiger partial charge in [-0.3, -0.25) is 9.59 Å². The molecule has 1 aliphatic carbocycles. The molecule has 3 heterocycles. The fourth-order valence-corrected chi connectivity index (χ4v) is 5.50. The normalized spacial score (nSPS) is 25.8. The Labute approximate surface area is 153 Å². The lowest BCUT2D eigenvalue weighted by Crippen LogP contribution is -2.46. The van der Waals surface area contributed by atoms with Crippen LogP contribution in [0.1, 0.15) is 52.2 Å². The number of hydrogen-bond donors (Lipinski definition) is 2. The summed E-state index contributed by atoms with van der Waals surface area (Å²) in [5.41, 5.74) is 1.39. The first kappa shape index (κ1) is 17.0. The number of hydrogen-bond acceptors (Lipinski definition) is 4. The summed E-state index contributed by atoms with van der Waals surface area (Å²) in [4.78, 5) is 29.3. The molecule has 2 unspecified atom stereocenters. The van der Waals surface area contributed by atoms with Gasteiger partial charge in [0.2, 0.25) is 5.91 Å². The van der Waals surface area contributed by atoms with E-state index < -0.39 is 0 Å². The Hall–Kier alpha value is -1.40. The van der Waals surface area contributed by atoms with Gasteiger partial charge in [0, 0.05) is 24.5 Å². The minimum Gasteiger partial charge on any atom is -0.354 e. The quantitative estimate of drug-likeness (QED) is 0.862. The molecule has 4 rings (SSSR count). The van der Waals surface area contributed by atoms with Crippen LogP contribution in [0.3, 0.4) is 0 Å². The number of fused-ring (bicyclic) bond motifs is 1. The first-order valence-electron chi connectivity index (χ1n) is 9.62. The van der Waals surface area contributed by atoms with Crippen molar-refractivity contribution in [2.45, 2.75) is 51.0 Å². The van der Waals surface area contributed by atoms with E-state index in [0.29, 0.717) is 12.5 Å². The summed E-state index contributed by atoms with van der Waals surface area (Å²) in [5.74, 6) is 0.679. The highest BCUT2D eigenvalue weighted by Crippen LogP contribution is 2.32.